The van der Waals surface area contributed by atoms with Crippen molar-refractivity contribution in [2.45, 2.75) is 18.7 Å². The third-order valence-corrected chi connectivity index (χ3v) is 4.05. The van der Waals surface area contributed by atoms with Crippen molar-refractivity contribution in [3.05, 3.63) is 29.3 Å². The highest BCUT2D eigenvalue weighted by atomic mass is 19.4. The molecule has 26 heavy (non-hydrogen) atoms. The van der Waals surface area contributed by atoms with Crippen LogP contribution in [0.15, 0.2) is 18.2 Å². The zero-order chi connectivity index (χ0) is 19.2. The fraction of sp³-hybridized carbons (Fsp3) is 0.588. The predicted octanol–water partition coefficient (Wildman–Crippen LogP) is 2.66. The molecular formula is C17H22F3NO5. The number of carbonyl (C=O) groups is 1. The first-order valence-electron chi connectivity index (χ1n) is 8.20. The lowest BCUT2D eigenvalue weighted by Crippen LogP contribution is -2.26. The third kappa shape index (κ3) is 5.58. The standard InChI is InChI=1S/C17H22F3NO5/c1-24-6-7-25-8-9-26-13-4-5-21(11-13)15-3-2-12(17(18,19)20)10-14(15)16(22)23/h2-3,10,13H,4-9,11H2,1H3,(H,22,23)/t13-/m0/s1. The summed E-state index contributed by atoms with van der Waals surface area (Å²) in [6.07, 6.45) is -4.04. The minimum absolute atomic E-state index is 0.120. The van der Waals surface area contributed by atoms with Crippen molar-refractivity contribution < 1.29 is 37.3 Å². The predicted molar refractivity (Wildman–Crippen MR) is 87.7 cm³/mol. The Hall–Kier alpha value is -1.84. The quantitative estimate of drug-likeness (QED) is 0.668. The van der Waals surface area contributed by atoms with Crippen molar-refractivity contribution in [3.8, 4) is 0 Å². The van der Waals surface area contributed by atoms with Gasteiger partial charge in [-0.05, 0) is 24.6 Å². The number of hydrogen-bond acceptors (Lipinski definition) is 5. The number of aromatic carboxylic acids is 1. The summed E-state index contributed by atoms with van der Waals surface area (Å²) in [4.78, 5) is 13.1. The van der Waals surface area contributed by atoms with Crippen molar-refractivity contribution in [1.82, 2.24) is 0 Å². The number of benzene rings is 1. The van der Waals surface area contributed by atoms with Crippen LogP contribution in [0.5, 0.6) is 0 Å². The van der Waals surface area contributed by atoms with Gasteiger partial charge in [0.25, 0.3) is 0 Å². The Labute approximate surface area is 149 Å². The normalized spacial score (nSPS) is 17.7. The summed E-state index contributed by atoms with van der Waals surface area (Å²) in [5.41, 5.74) is -1.06. The van der Waals surface area contributed by atoms with Crippen molar-refractivity contribution in [1.29, 1.82) is 0 Å². The van der Waals surface area contributed by atoms with Crippen molar-refractivity contribution in [2.24, 2.45) is 0 Å². The Balaban J connectivity index is 1.94. The number of rotatable bonds is 9. The van der Waals surface area contributed by atoms with Gasteiger partial charge >= 0.3 is 12.1 Å². The van der Waals surface area contributed by atoms with E-state index in [0.717, 1.165) is 6.07 Å². The van der Waals surface area contributed by atoms with E-state index in [4.69, 9.17) is 14.2 Å². The van der Waals surface area contributed by atoms with Crippen LogP contribution in [-0.4, -0.2) is 63.8 Å². The molecular weight excluding hydrogens is 355 g/mol. The lowest BCUT2D eigenvalue weighted by Gasteiger charge is -2.22. The molecule has 1 saturated heterocycles. The molecule has 6 nitrogen and oxygen atoms in total. The number of anilines is 1. The maximum absolute atomic E-state index is 12.8. The average molecular weight is 377 g/mol. The summed E-state index contributed by atoms with van der Waals surface area (Å²) < 4.78 is 54.2. The fourth-order valence-corrected chi connectivity index (χ4v) is 2.76. The fourth-order valence-electron chi connectivity index (χ4n) is 2.76. The monoisotopic (exact) mass is 377 g/mol. The van der Waals surface area contributed by atoms with Crippen LogP contribution in [0.4, 0.5) is 18.9 Å². The highest BCUT2D eigenvalue weighted by Crippen LogP contribution is 2.34. The summed E-state index contributed by atoms with van der Waals surface area (Å²) in [6, 6.07) is 2.79. The first-order valence-corrected chi connectivity index (χ1v) is 8.20. The number of ether oxygens (including phenoxy) is 3. The highest BCUT2D eigenvalue weighted by Gasteiger charge is 2.33. The summed E-state index contributed by atoms with van der Waals surface area (Å²) in [5.74, 6) is -1.39. The molecule has 0 spiro atoms. The van der Waals surface area contributed by atoms with Crippen LogP contribution in [-0.2, 0) is 20.4 Å². The molecule has 1 aliphatic heterocycles. The van der Waals surface area contributed by atoms with Gasteiger partial charge in [-0.3, -0.25) is 0 Å². The van der Waals surface area contributed by atoms with E-state index in [2.05, 4.69) is 0 Å². The second-order valence-corrected chi connectivity index (χ2v) is 5.87. The minimum Gasteiger partial charge on any atom is -0.478 e. The van der Waals surface area contributed by atoms with Gasteiger partial charge in [-0.2, -0.15) is 13.2 Å². The van der Waals surface area contributed by atoms with E-state index in [0.29, 0.717) is 52.0 Å². The average Bonchev–Trinajstić information content (AvgIpc) is 3.05. The summed E-state index contributed by atoms with van der Waals surface area (Å²) in [6.45, 7) is 2.72. The van der Waals surface area contributed by atoms with Gasteiger partial charge in [-0.15, -0.1) is 0 Å². The number of nitrogens with zero attached hydrogens (tertiary/aromatic N) is 1. The van der Waals surface area contributed by atoms with Crippen molar-refractivity contribution in [2.75, 3.05) is 51.5 Å². The molecule has 0 bridgehead atoms. The molecule has 146 valence electrons. The number of halogens is 3. The van der Waals surface area contributed by atoms with Gasteiger partial charge in [-0.25, -0.2) is 4.79 Å². The van der Waals surface area contributed by atoms with Gasteiger partial charge in [0.15, 0.2) is 0 Å². The number of carboxylic acid groups (broad SMARTS) is 1. The molecule has 0 aromatic heterocycles. The lowest BCUT2D eigenvalue weighted by molar-refractivity contribution is -0.137. The molecule has 1 aliphatic rings. The third-order valence-electron chi connectivity index (χ3n) is 4.05. The van der Waals surface area contributed by atoms with E-state index in [1.54, 1.807) is 12.0 Å². The SMILES string of the molecule is COCCOCCO[C@H]1CCN(c2ccc(C(F)(F)F)cc2C(=O)O)C1. The Kier molecular flexibility index (Phi) is 7.24. The number of hydrogen-bond donors (Lipinski definition) is 1. The Morgan fingerprint density at radius 2 is 2.00 bits per heavy atom. The van der Waals surface area contributed by atoms with Gasteiger partial charge in [0, 0.05) is 20.2 Å². The first-order chi connectivity index (χ1) is 12.3. The maximum atomic E-state index is 12.8. The molecule has 1 heterocycles. The molecule has 1 fully saturated rings. The largest absolute Gasteiger partial charge is 0.478 e. The zero-order valence-electron chi connectivity index (χ0n) is 14.4. The van der Waals surface area contributed by atoms with E-state index >= 15 is 0 Å². The zero-order valence-corrected chi connectivity index (χ0v) is 14.4. The molecule has 1 aromatic rings. The van der Waals surface area contributed by atoms with Crippen molar-refractivity contribution >= 4 is 11.7 Å². The summed E-state index contributed by atoms with van der Waals surface area (Å²) in [7, 11) is 1.58. The van der Waals surface area contributed by atoms with E-state index < -0.39 is 17.7 Å². The smallest absolute Gasteiger partial charge is 0.416 e. The molecule has 0 unspecified atom stereocenters. The Bertz CT molecular complexity index is 609. The lowest BCUT2D eigenvalue weighted by atomic mass is 10.1. The number of alkyl halides is 3. The van der Waals surface area contributed by atoms with Crippen LogP contribution < -0.4 is 4.90 Å². The number of methoxy groups -OCH3 is 1. The van der Waals surface area contributed by atoms with Crippen LogP contribution in [0.25, 0.3) is 0 Å². The van der Waals surface area contributed by atoms with Crippen LogP contribution in [0, 0.1) is 0 Å². The number of carboxylic acids is 1. The molecule has 0 radical (unpaired) electrons. The second-order valence-electron chi connectivity index (χ2n) is 5.87. The van der Waals surface area contributed by atoms with Crippen molar-refractivity contribution in [3.63, 3.8) is 0 Å². The molecule has 0 aliphatic carbocycles. The van der Waals surface area contributed by atoms with Gasteiger partial charge < -0.3 is 24.2 Å². The van der Waals surface area contributed by atoms with Gasteiger partial charge in [0.1, 0.15) is 0 Å². The summed E-state index contributed by atoms with van der Waals surface area (Å²) >= 11 is 0. The molecule has 1 atom stereocenters. The first kappa shape index (κ1) is 20.5. The highest BCUT2D eigenvalue weighted by molar-refractivity contribution is 5.94. The van der Waals surface area contributed by atoms with E-state index in [1.807, 2.05) is 0 Å². The molecule has 0 amide bonds. The Morgan fingerprint density at radius 1 is 1.27 bits per heavy atom. The van der Waals surface area contributed by atoms with Gasteiger partial charge in [0.05, 0.1) is 49.3 Å². The van der Waals surface area contributed by atoms with Crippen LogP contribution in [0.3, 0.4) is 0 Å². The van der Waals surface area contributed by atoms with Crippen LogP contribution >= 0.6 is 0 Å². The molecule has 9 heteroatoms. The van der Waals surface area contributed by atoms with Crippen LogP contribution in [0.1, 0.15) is 22.3 Å². The van der Waals surface area contributed by atoms with Crippen LogP contribution in [0.2, 0.25) is 0 Å². The molecule has 1 aromatic carbocycles. The second kappa shape index (κ2) is 9.20. The molecule has 2 rings (SSSR count). The van der Waals surface area contributed by atoms with E-state index in [9.17, 15) is 23.1 Å². The van der Waals surface area contributed by atoms with Gasteiger partial charge in [0.2, 0.25) is 0 Å². The molecule has 1 N–H and O–H groups in total. The van der Waals surface area contributed by atoms with Gasteiger partial charge in [-0.1, -0.05) is 0 Å². The minimum atomic E-state index is -4.58. The molecule has 0 saturated carbocycles. The van der Waals surface area contributed by atoms with E-state index in [-0.39, 0.29) is 17.4 Å². The maximum Gasteiger partial charge on any atom is 0.416 e. The Morgan fingerprint density at radius 3 is 2.65 bits per heavy atom. The topological polar surface area (TPSA) is 68.2 Å². The summed E-state index contributed by atoms with van der Waals surface area (Å²) in [5, 5.41) is 9.27. The van der Waals surface area contributed by atoms with E-state index in [1.165, 1.54) is 6.07 Å².